The Morgan fingerprint density at radius 1 is 1.00 bits per heavy atom. The Hall–Kier alpha value is -2.37. The van der Waals surface area contributed by atoms with Gasteiger partial charge >= 0.3 is 5.97 Å². The first-order chi connectivity index (χ1) is 11.9. The summed E-state index contributed by atoms with van der Waals surface area (Å²) in [7, 11) is 0. The number of amides is 2. The van der Waals surface area contributed by atoms with E-state index >= 15 is 0 Å². The van der Waals surface area contributed by atoms with E-state index < -0.39 is 17.4 Å². The summed E-state index contributed by atoms with van der Waals surface area (Å²) >= 11 is 0. The molecule has 25 heavy (non-hydrogen) atoms. The summed E-state index contributed by atoms with van der Waals surface area (Å²) < 4.78 is 0. The number of rotatable bonds is 5. The Labute approximate surface area is 147 Å². The number of hydrogen-bond acceptors (Lipinski definition) is 3. The minimum absolute atomic E-state index is 0.125. The molecule has 1 aromatic rings. The number of hydrogen-bond donors (Lipinski definition) is 3. The van der Waals surface area contributed by atoms with E-state index in [9.17, 15) is 19.5 Å². The first-order valence-corrected chi connectivity index (χ1v) is 8.85. The SMILES string of the molecule is CC1(NC(=O)c2ccc(C(=O)NC3CC3)cc2)CCCCC1C(=O)O. The molecule has 2 atom stereocenters. The summed E-state index contributed by atoms with van der Waals surface area (Å²) in [5, 5.41) is 15.3. The molecule has 0 saturated heterocycles. The van der Waals surface area contributed by atoms with Gasteiger partial charge in [-0.05, 0) is 56.9 Å². The zero-order valence-electron chi connectivity index (χ0n) is 14.4. The third-order valence-corrected chi connectivity index (χ3v) is 5.23. The summed E-state index contributed by atoms with van der Waals surface area (Å²) in [5.41, 5.74) is 0.207. The highest BCUT2D eigenvalue weighted by Crippen LogP contribution is 2.34. The molecule has 3 N–H and O–H groups in total. The van der Waals surface area contributed by atoms with Crippen molar-refractivity contribution in [1.29, 1.82) is 0 Å². The monoisotopic (exact) mass is 344 g/mol. The zero-order valence-corrected chi connectivity index (χ0v) is 14.4. The Morgan fingerprint density at radius 2 is 1.60 bits per heavy atom. The Kier molecular flexibility index (Phi) is 4.79. The molecule has 0 spiro atoms. The van der Waals surface area contributed by atoms with Crippen LogP contribution in [-0.2, 0) is 4.79 Å². The molecule has 0 radical (unpaired) electrons. The maximum absolute atomic E-state index is 12.6. The third-order valence-electron chi connectivity index (χ3n) is 5.23. The van der Waals surface area contributed by atoms with Crippen LogP contribution in [0.5, 0.6) is 0 Å². The molecular weight excluding hydrogens is 320 g/mol. The summed E-state index contributed by atoms with van der Waals surface area (Å²) in [6.07, 6.45) is 5.04. The summed E-state index contributed by atoms with van der Waals surface area (Å²) in [6.45, 7) is 1.81. The van der Waals surface area contributed by atoms with E-state index in [1.165, 1.54) is 0 Å². The van der Waals surface area contributed by atoms with E-state index in [0.29, 0.717) is 24.0 Å². The van der Waals surface area contributed by atoms with Gasteiger partial charge in [0.05, 0.1) is 11.5 Å². The standard InChI is InChI=1S/C19H24N2O4/c1-19(11-3-2-4-15(19)18(24)25)21-17(23)13-7-5-12(6-8-13)16(22)20-14-9-10-14/h5-8,14-15H,2-4,9-11H2,1H3,(H,20,22)(H,21,23)(H,24,25). The van der Waals surface area contributed by atoms with Gasteiger partial charge in [-0.2, -0.15) is 0 Å². The quantitative estimate of drug-likeness (QED) is 0.764. The largest absolute Gasteiger partial charge is 0.481 e. The van der Waals surface area contributed by atoms with Gasteiger partial charge in [-0.15, -0.1) is 0 Å². The highest BCUT2D eigenvalue weighted by molar-refractivity contribution is 5.98. The summed E-state index contributed by atoms with van der Waals surface area (Å²) in [4.78, 5) is 36.0. The number of aliphatic carboxylic acids is 1. The molecule has 0 bridgehead atoms. The van der Waals surface area contributed by atoms with Crippen molar-refractivity contribution in [2.45, 2.75) is 57.0 Å². The lowest BCUT2D eigenvalue weighted by atomic mass is 9.73. The molecule has 2 aliphatic rings. The fourth-order valence-corrected chi connectivity index (χ4v) is 3.48. The van der Waals surface area contributed by atoms with E-state index in [1.807, 2.05) is 0 Å². The number of carboxylic acid groups (broad SMARTS) is 1. The van der Waals surface area contributed by atoms with Crippen molar-refractivity contribution in [2.24, 2.45) is 5.92 Å². The van der Waals surface area contributed by atoms with Gasteiger partial charge in [0.2, 0.25) is 0 Å². The Balaban J connectivity index is 1.67. The number of carboxylic acids is 1. The van der Waals surface area contributed by atoms with Crippen molar-refractivity contribution >= 4 is 17.8 Å². The molecule has 0 heterocycles. The molecule has 2 saturated carbocycles. The molecule has 2 unspecified atom stereocenters. The van der Waals surface area contributed by atoms with Gasteiger partial charge in [0, 0.05) is 17.2 Å². The van der Waals surface area contributed by atoms with Crippen LogP contribution in [0.4, 0.5) is 0 Å². The third kappa shape index (κ3) is 4.00. The summed E-state index contributed by atoms with van der Waals surface area (Å²) in [5.74, 6) is -1.87. The minimum Gasteiger partial charge on any atom is -0.481 e. The van der Waals surface area contributed by atoms with Gasteiger partial charge in [-0.1, -0.05) is 12.8 Å². The Bertz CT molecular complexity index is 681. The first-order valence-electron chi connectivity index (χ1n) is 8.85. The lowest BCUT2D eigenvalue weighted by Gasteiger charge is -2.39. The van der Waals surface area contributed by atoms with Crippen molar-refractivity contribution in [3.05, 3.63) is 35.4 Å². The molecule has 1 aromatic carbocycles. The van der Waals surface area contributed by atoms with Gasteiger partial charge in [0.15, 0.2) is 0 Å². The van der Waals surface area contributed by atoms with E-state index in [4.69, 9.17) is 0 Å². The van der Waals surface area contributed by atoms with E-state index in [0.717, 1.165) is 25.7 Å². The predicted octanol–water partition coefficient (Wildman–Crippen LogP) is 2.34. The normalized spacial score (nSPS) is 25.9. The van der Waals surface area contributed by atoms with Crippen LogP contribution >= 0.6 is 0 Å². The van der Waals surface area contributed by atoms with Gasteiger partial charge in [0.25, 0.3) is 11.8 Å². The van der Waals surface area contributed by atoms with Crippen LogP contribution in [0.15, 0.2) is 24.3 Å². The number of nitrogens with one attached hydrogen (secondary N) is 2. The molecule has 2 amide bonds. The lowest BCUT2D eigenvalue weighted by Crippen LogP contribution is -2.55. The molecule has 6 heteroatoms. The maximum atomic E-state index is 12.6. The van der Waals surface area contributed by atoms with E-state index in [-0.39, 0.29) is 17.9 Å². The van der Waals surface area contributed by atoms with Gasteiger partial charge in [-0.25, -0.2) is 0 Å². The molecule has 134 valence electrons. The molecular formula is C19H24N2O4. The predicted molar refractivity (Wildman–Crippen MR) is 92.4 cm³/mol. The highest BCUT2D eigenvalue weighted by Gasteiger charge is 2.42. The van der Waals surface area contributed by atoms with E-state index in [2.05, 4.69) is 10.6 Å². The number of carbonyl (C=O) groups excluding carboxylic acids is 2. The minimum atomic E-state index is -0.866. The van der Waals surface area contributed by atoms with Crippen LogP contribution < -0.4 is 10.6 Å². The van der Waals surface area contributed by atoms with Crippen molar-refractivity contribution < 1.29 is 19.5 Å². The van der Waals surface area contributed by atoms with E-state index in [1.54, 1.807) is 31.2 Å². The van der Waals surface area contributed by atoms with Crippen molar-refractivity contribution in [2.75, 3.05) is 0 Å². The number of carbonyl (C=O) groups is 3. The van der Waals surface area contributed by atoms with Crippen molar-refractivity contribution in [3.8, 4) is 0 Å². The number of benzene rings is 1. The average Bonchev–Trinajstić information content (AvgIpc) is 3.38. The van der Waals surface area contributed by atoms with Crippen molar-refractivity contribution in [3.63, 3.8) is 0 Å². The maximum Gasteiger partial charge on any atom is 0.308 e. The van der Waals surface area contributed by atoms with Gasteiger partial charge in [0.1, 0.15) is 0 Å². The summed E-state index contributed by atoms with van der Waals surface area (Å²) in [6, 6.07) is 6.77. The molecule has 0 aromatic heterocycles. The van der Waals surface area contributed by atoms with Crippen LogP contribution in [0, 0.1) is 5.92 Å². The topological polar surface area (TPSA) is 95.5 Å². The van der Waals surface area contributed by atoms with Crippen LogP contribution in [0.2, 0.25) is 0 Å². The second-order valence-corrected chi connectivity index (χ2v) is 7.33. The smallest absolute Gasteiger partial charge is 0.308 e. The zero-order chi connectivity index (χ0) is 18.0. The van der Waals surface area contributed by atoms with Gasteiger partial charge < -0.3 is 15.7 Å². The first kappa shape index (κ1) is 17.5. The van der Waals surface area contributed by atoms with Crippen LogP contribution in [0.25, 0.3) is 0 Å². The fraction of sp³-hybridized carbons (Fsp3) is 0.526. The van der Waals surface area contributed by atoms with Crippen LogP contribution in [0.3, 0.4) is 0 Å². The molecule has 0 aliphatic heterocycles. The van der Waals surface area contributed by atoms with Crippen molar-refractivity contribution in [1.82, 2.24) is 10.6 Å². The molecule has 2 aliphatic carbocycles. The van der Waals surface area contributed by atoms with Crippen LogP contribution in [0.1, 0.15) is 66.2 Å². The lowest BCUT2D eigenvalue weighted by molar-refractivity contribution is -0.145. The molecule has 2 fully saturated rings. The van der Waals surface area contributed by atoms with Crippen LogP contribution in [-0.4, -0.2) is 34.5 Å². The van der Waals surface area contributed by atoms with Gasteiger partial charge in [-0.3, -0.25) is 14.4 Å². The molecule has 3 rings (SSSR count). The second-order valence-electron chi connectivity index (χ2n) is 7.33. The fourth-order valence-electron chi connectivity index (χ4n) is 3.48. The Morgan fingerprint density at radius 3 is 2.16 bits per heavy atom. The second kappa shape index (κ2) is 6.86. The molecule has 6 nitrogen and oxygen atoms in total. The highest BCUT2D eigenvalue weighted by atomic mass is 16.4. The average molecular weight is 344 g/mol.